The lowest BCUT2D eigenvalue weighted by molar-refractivity contribution is 0.311. The van der Waals surface area contributed by atoms with E-state index in [4.69, 9.17) is 0 Å². The molecule has 1 saturated heterocycles. The Morgan fingerprint density at radius 3 is 1.79 bits per heavy atom. The van der Waals surface area contributed by atoms with E-state index in [9.17, 15) is 0 Å². The van der Waals surface area contributed by atoms with Gasteiger partial charge in [0.25, 0.3) is 0 Å². The molecule has 0 aromatic heterocycles. The van der Waals surface area contributed by atoms with Gasteiger partial charge in [0, 0.05) is 18.8 Å². The van der Waals surface area contributed by atoms with Crippen LogP contribution in [-0.4, -0.2) is 13.1 Å². The first-order valence-corrected chi connectivity index (χ1v) is 8.07. The molecule has 1 aliphatic heterocycles. The Hall–Kier alpha value is -0.980. The Morgan fingerprint density at radius 1 is 0.895 bits per heavy atom. The fourth-order valence-electron chi connectivity index (χ4n) is 2.46. The molecule has 2 rings (SSSR count). The maximum absolute atomic E-state index is 2.51. The maximum Gasteiger partial charge on any atom is 0.0366 e. The number of hydrogen-bond acceptors (Lipinski definition) is 1. The first-order chi connectivity index (χ1) is 9.27. The van der Waals surface area contributed by atoms with Gasteiger partial charge in [-0.05, 0) is 36.8 Å². The molecule has 0 saturated carbocycles. The third-order valence-corrected chi connectivity index (χ3v) is 3.60. The largest absolute Gasteiger partial charge is 0.372 e. The van der Waals surface area contributed by atoms with Gasteiger partial charge < -0.3 is 4.90 Å². The molecule has 1 heterocycles. The number of benzene rings is 1. The lowest BCUT2D eigenvalue weighted by Gasteiger charge is -2.35. The van der Waals surface area contributed by atoms with Crippen LogP contribution in [0.15, 0.2) is 30.3 Å². The summed E-state index contributed by atoms with van der Waals surface area (Å²) in [5, 5.41) is 0. The number of piperidine rings is 1. The minimum Gasteiger partial charge on any atom is -0.372 e. The molecule has 1 fully saturated rings. The smallest absolute Gasteiger partial charge is 0.0366 e. The molecule has 1 aromatic carbocycles. The van der Waals surface area contributed by atoms with Crippen LogP contribution >= 0.6 is 0 Å². The van der Waals surface area contributed by atoms with E-state index >= 15 is 0 Å². The van der Waals surface area contributed by atoms with Crippen LogP contribution in [0.4, 0.5) is 5.69 Å². The molecule has 1 heteroatoms. The highest BCUT2D eigenvalue weighted by Gasteiger charge is 2.21. The molecule has 1 aliphatic rings. The molecular formula is C18H33N. The lowest BCUT2D eigenvalue weighted by atomic mass is 9.86. The molecule has 0 radical (unpaired) electrons. The quantitative estimate of drug-likeness (QED) is 0.670. The second kappa shape index (κ2) is 10.9. The Balaban J connectivity index is 0.000000741. The van der Waals surface area contributed by atoms with Crippen molar-refractivity contribution < 1.29 is 0 Å². The Labute approximate surface area is 121 Å². The standard InChI is InChI=1S/C14H21N.2C2H6/c1-12(2)13-8-10-15(11-9-13)14-6-4-3-5-7-14;2*1-2/h3-7,12-13H,8-11H2,1-2H3;2*1-2H3. The number of nitrogens with zero attached hydrogens (tertiary/aromatic N) is 1. The van der Waals surface area contributed by atoms with Gasteiger partial charge in [-0.15, -0.1) is 0 Å². The zero-order valence-corrected chi connectivity index (χ0v) is 13.8. The molecule has 110 valence electrons. The number of anilines is 1. The molecule has 1 aromatic rings. The van der Waals surface area contributed by atoms with Gasteiger partial charge in [-0.1, -0.05) is 59.7 Å². The predicted octanol–water partition coefficient (Wildman–Crippen LogP) is 5.61. The van der Waals surface area contributed by atoms with Crippen molar-refractivity contribution in [2.45, 2.75) is 54.4 Å². The van der Waals surface area contributed by atoms with Crippen LogP contribution in [0.3, 0.4) is 0 Å². The molecule has 1 nitrogen and oxygen atoms in total. The summed E-state index contributed by atoms with van der Waals surface area (Å²) in [5.74, 6) is 1.79. The van der Waals surface area contributed by atoms with Gasteiger partial charge in [-0.2, -0.15) is 0 Å². The highest BCUT2D eigenvalue weighted by atomic mass is 15.1. The van der Waals surface area contributed by atoms with Crippen LogP contribution in [0.5, 0.6) is 0 Å². The number of hydrogen-bond donors (Lipinski definition) is 0. The number of para-hydroxylation sites is 1. The first kappa shape index (κ1) is 18.0. The van der Waals surface area contributed by atoms with E-state index in [0.717, 1.165) is 11.8 Å². The Kier molecular flexibility index (Phi) is 10.3. The van der Waals surface area contributed by atoms with Gasteiger partial charge in [-0.3, -0.25) is 0 Å². The fourth-order valence-corrected chi connectivity index (χ4v) is 2.46. The van der Waals surface area contributed by atoms with Crippen LogP contribution in [0.1, 0.15) is 54.4 Å². The molecule has 0 aliphatic carbocycles. The van der Waals surface area contributed by atoms with Crippen molar-refractivity contribution in [1.29, 1.82) is 0 Å². The van der Waals surface area contributed by atoms with Crippen LogP contribution in [0.2, 0.25) is 0 Å². The summed E-state index contributed by atoms with van der Waals surface area (Å²) >= 11 is 0. The van der Waals surface area contributed by atoms with E-state index in [1.54, 1.807) is 0 Å². The van der Waals surface area contributed by atoms with E-state index in [0.29, 0.717) is 0 Å². The van der Waals surface area contributed by atoms with Crippen molar-refractivity contribution in [3.63, 3.8) is 0 Å². The van der Waals surface area contributed by atoms with E-state index in [1.165, 1.54) is 31.6 Å². The Bertz CT molecular complexity index is 284. The molecule has 0 N–H and O–H groups in total. The average molecular weight is 263 g/mol. The van der Waals surface area contributed by atoms with Crippen molar-refractivity contribution in [1.82, 2.24) is 0 Å². The average Bonchev–Trinajstić information content (AvgIpc) is 2.52. The fraction of sp³-hybridized carbons (Fsp3) is 0.667. The molecule has 19 heavy (non-hydrogen) atoms. The van der Waals surface area contributed by atoms with Crippen LogP contribution in [0.25, 0.3) is 0 Å². The van der Waals surface area contributed by atoms with Gasteiger partial charge >= 0.3 is 0 Å². The van der Waals surface area contributed by atoms with Crippen molar-refractivity contribution in [3.8, 4) is 0 Å². The van der Waals surface area contributed by atoms with Crippen LogP contribution in [0, 0.1) is 11.8 Å². The molecule has 0 atom stereocenters. The van der Waals surface area contributed by atoms with Gasteiger partial charge in [-0.25, -0.2) is 0 Å². The van der Waals surface area contributed by atoms with Crippen molar-refractivity contribution in [2.24, 2.45) is 11.8 Å². The summed E-state index contributed by atoms with van der Waals surface area (Å²) in [6, 6.07) is 10.8. The third-order valence-electron chi connectivity index (χ3n) is 3.60. The summed E-state index contributed by atoms with van der Waals surface area (Å²) in [4.78, 5) is 2.51. The zero-order valence-electron chi connectivity index (χ0n) is 13.8. The zero-order chi connectivity index (χ0) is 14.7. The topological polar surface area (TPSA) is 3.24 Å². The Morgan fingerprint density at radius 2 is 1.37 bits per heavy atom. The minimum absolute atomic E-state index is 0.850. The van der Waals surface area contributed by atoms with Gasteiger partial charge in [0.2, 0.25) is 0 Å². The van der Waals surface area contributed by atoms with E-state index in [2.05, 4.69) is 49.1 Å². The van der Waals surface area contributed by atoms with E-state index in [1.807, 2.05) is 27.7 Å². The van der Waals surface area contributed by atoms with Crippen LogP contribution < -0.4 is 4.90 Å². The van der Waals surface area contributed by atoms with Crippen molar-refractivity contribution in [3.05, 3.63) is 30.3 Å². The molecular weight excluding hydrogens is 230 g/mol. The summed E-state index contributed by atoms with van der Waals surface area (Å²) < 4.78 is 0. The van der Waals surface area contributed by atoms with Crippen molar-refractivity contribution in [2.75, 3.05) is 18.0 Å². The summed E-state index contributed by atoms with van der Waals surface area (Å²) in [6.07, 6.45) is 2.71. The van der Waals surface area contributed by atoms with Crippen LogP contribution in [-0.2, 0) is 0 Å². The molecule has 0 unspecified atom stereocenters. The highest BCUT2D eigenvalue weighted by molar-refractivity contribution is 5.46. The van der Waals surface area contributed by atoms with E-state index < -0.39 is 0 Å². The van der Waals surface area contributed by atoms with Gasteiger partial charge in [0.15, 0.2) is 0 Å². The summed E-state index contributed by atoms with van der Waals surface area (Å²) in [5.41, 5.74) is 1.39. The minimum atomic E-state index is 0.850. The molecule has 0 spiro atoms. The normalized spacial score (nSPS) is 15.2. The molecule has 0 bridgehead atoms. The SMILES string of the molecule is CC.CC.CC(C)C1CCN(c2ccccc2)CC1. The monoisotopic (exact) mass is 263 g/mol. The second-order valence-corrected chi connectivity index (χ2v) is 4.90. The number of rotatable bonds is 2. The van der Waals surface area contributed by atoms with Gasteiger partial charge in [0.05, 0.1) is 0 Å². The summed E-state index contributed by atoms with van der Waals surface area (Å²) in [7, 11) is 0. The highest BCUT2D eigenvalue weighted by Crippen LogP contribution is 2.27. The summed E-state index contributed by atoms with van der Waals surface area (Å²) in [6.45, 7) is 15.2. The second-order valence-electron chi connectivity index (χ2n) is 4.90. The maximum atomic E-state index is 2.51. The first-order valence-electron chi connectivity index (χ1n) is 8.07. The lowest BCUT2D eigenvalue weighted by Crippen LogP contribution is -2.35. The van der Waals surface area contributed by atoms with E-state index in [-0.39, 0.29) is 0 Å². The third kappa shape index (κ3) is 6.13. The van der Waals surface area contributed by atoms with Crippen molar-refractivity contribution >= 4 is 5.69 Å². The van der Waals surface area contributed by atoms with Gasteiger partial charge in [0.1, 0.15) is 0 Å². The molecule has 0 amide bonds. The predicted molar refractivity (Wildman–Crippen MR) is 88.9 cm³/mol.